The van der Waals surface area contributed by atoms with Crippen LogP contribution in [0.25, 0.3) is 0 Å². The highest BCUT2D eigenvalue weighted by atomic mass is 15.2. The van der Waals surface area contributed by atoms with E-state index < -0.39 is 0 Å². The van der Waals surface area contributed by atoms with Gasteiger partial charge in [0.1, 0.15) is 0 Å². The molecule has 0 bridgehead atoms. The summed E-state index contributed by atoms with van der Waals surface area (Å²) in [5.41, 5.74) is 4.23. The van der Waals surface area contributed by atoms with E-state index in [2.05, 4.69) is 63.0 Å². The molecule has 1 N–H and O–H groups in total. The van der Waals surface area contributed by atoms with Crippen molar-refractivity contribution in [1.82, 2.24) is 10.2 Å². The second kappa shape index (κ2) is 6.73. The van der Waals surface area contributed by atoms with Crippen molar-refractivity contribution < 1.29 is 0 Å². The van der Waals surface area contributed by atoms with E-state index >= 15 is 0 Å². The van der Waals surface area contributed by atoms with Gasteiger partial charge in [0.25, 0.3) is 0 Å². The maximum atomic E-state index is 3.63. The fourth-order valence-electron chi connectivity index (χ4n) is 3.20. The van der Waals surface area contributed by atoms with Crippen molar-refractivity contribution in [2.45, 2.75) is 65.6 Å². The highest BCUT2D eigenvalue weighted by Crippen LogP contribution is 2.25. The van der Waals surface area contributed by atoms with Crippen LogP contribution in [0.3, 0.4) is 0 Å². The SMILES string of the molecule is Cc1ccc(C(C)N(CC2CCCN2)C(C)C)cc1C. The monoisotopic (exact) mass is 274 g/mol. The van der Waals surface area contributed by atoms with E-state index in [1.54, 1.807) is 0 Å². The highest BCUT2D eigenvalue weighted by Gasteiger charge is 2.24. The minimum atomic E-state index is 0.483. The van der Waals surface area contributed by atoms with E-state index in [0.29, 0.717) is 18.1 Å². The molecule has 1 aromatic rings. The summed E-state index contributed by atoms with van der Waals surface area (Å²) < 4.78 is 0. The maximum Gasteiger partial charge on any atom is 0.0323 e. The number of benzene rings is 1. The van der Waals surface area contributed by atoms with Gasteiger partial charge in [0.05, 0.1) is 0 Å². The molecule has 1 aliphatic rings. The van der Waals surface area contributed by atoms with Crippen molar-refractivity contribution in [2.24, 2.45) is 0 Å². The largest absolute Gasteiger partial charge is 0.313 e. The van der Waals surface area contributed by atoms with Crippen LogP contribution in [0.1, 0.15) is 56.3 Å². The third-order valence-corrected chi connectivity index (χ3v) is 4.77. The van der Waals surface area contributed by atoms with Crippen molar-refractivity contribution in [3.63, 3.8) is 0 Å². The van der Waals surface area contributed by atoms with E-state index in [1.807, 2.05) is 0 Å². The molecular weight excluding hydrogens is 244 g/mol. The molecule has 1 fully saturated rings. The molecule has 2 rings (SSSR count). The molecule has 0 amide bonds. The Morgan fingerprint density at radius 3 is 2.50 bits per heavy atom. The molecule has 2 nitrogen and oxygen atoms in total. The fraction of sp³-hybridized carbons (Fsp3) is 0.667. The van der Waals surface area contributed by atoms with Gasteiger partial charge in [0.15, 0.2) is 0 Å². The molecule has 0 saturated carbocycles. The van der Waals surface area contributed by atoms with E-state index in [4.69, 9.17) is 0 Å². The Morgan fingerprint density at radius 2 is 1.95 bits per heavy atom. The highest BCUT2D eigenvalue weighted by molar-refractivity contribution is 5.31. The Labute approximate surface area is 124 Å². The van der Waals surface area contributed by atoms with E-state index in [-0.39, 0.29) is 0 Å². The molecule has 2 atom stereocenters. The molecule has 1 saturated heterocycles. The first-order chi connectivity index (χ1) is 9.49. The molecular formula is C18H30N2. The summed E-state index contributed by atoms with van der Waals surface area (Å²) in [6.07, 6.45) is 2.65. The Bertz CT molecular complexity index is 433. The summed E-state index contributed by atoms with van der Waals surface area (Å²) in [6, 6.07) is 8.65. The average molecular weight is 274 g/mol. The van der Waals surface area contributed by atoms with E-state index in [1.165, 1.54) is 36.1 Å². The van der Waals surface area contributed by atoms with Crippen LogP contribution in [0.15, 0.2) is 18.2 Å². The molecule has 0 aromatic heterocycles. The van der Waals surface area contributed by atoms with E-state index in [9.17, 15) is 0 Å². The van der Waals surface area contributed by atoms with Crippen molar-refractivity contribution in [1.29, 1.82) is 0 Å². The predicted octanol–water partition coefficient (Wildman–Crippen LogP) is 3.83. The number of nitrogens with zero attached hydrogens (tertiary/aromatic N) is 1. The van der Waals surface area contributed by atoms with Gasteiger partial charge in [-0.2, -0.15) is 0 Å². The van der Waals surface area contributed by atoms with Gasteiger partial charge in [-0.1, -0.05) is 18.2 Å². The summed E-state index contributed by atoms with van der Waals surface area (Å²) >= 11 is 0. The van der Waals surface area contributed by atoms with Crippen LogP contribution in [-0.2, 0) is 0 Å². The zero-order valence-electron chi connectivity index (χ0n) is 13.7. The van der Waals surface area contributed by atoms with Gasteiger partial charge in [-0.3, -0.25) is 4.90 Å². The molecule has 0 spiro atoms. The van der Waals surface area contributed by atoms with Crippen molar-refractivity contribution >= 4 is 0 Å². The first-order valence-electron chi connectivity index (χ1n) is 8.05. The van der Waals surface area contributed by atoms with E-state index in [0.717, 1.165) is 6.54 Å². The third kappa shape index (κ3) is 3.62. The van der Waals surface area contributed by atoms with Gasteiger partial charge in [-0.05, 0) is 70.7 Å². The lowest BCUT2D eigenvalue weighted by atomic mass is 9.99. The van der Waals surface area contributed by atoms with Gasteiger partial charge in [0, 0.05) is 24.7 Å². The van der Waals surface area contributed by atoms with Gasteiger partial charge in [-0.25, -0.2) is 0 Å². The second-order valence-corrected chi connectivity index (χ2v) is 6.60. The van der Waals surface area contributed by atoms with Crippen LogP contribution in [0, 0.1) is 13.8 Å². The molecule has 0 radical (unpaired) electrons. The van der Waals surface area contributed by atoms with Crippen molar-refractivity contribution in [3.8, 4) is 0 Å². The normalized spacial score (nSPS) is 20.9. The van der Waals surface area contributed by atoms with Gasteiger partial charge >= 0.3 is 0 Å². The van der Waals surface area contributed by atoms with Crippen molar-refractivity contribution in [3.05, 3.63) is 34.9 Å². The smallest absolute Gasteiger partial charge is 0.0323 e. The van der Waals surface area contributed by atoms with Crippen LogP contribution in [0.4, 0.5) is 0 Å². The molecule has 1 heterocycles. The third-order valence-electron chi connectivity index (χ3n) is 4.77. The minimum Gasteiger partial charge on any atom is -0.313 e. The van der Waals surface area contributed by atoms with Gasteiger partial charge in [0.2, 0.25) is 0 Å². The zero-order chi connectivity index (χ0) is 14.7. The first-order valence-corrected chi connectivity index (χ1v) is 8.05. The number of aryl methyl sites for hydroxylation is 2. The average Bonchev–Trinajstić information content (AvgIpc) is 2.91. The molecule has 1 aliphatic heterocycles. The lowest BCUT2D eigenvalue weighted by Crippen LogP contribution is -2.42. The maximum absolute atomic E-state index is 3.63. The second-order valence-electron chi connectivity index (χ2n) is 6.60. The van der Waals surface area contributed by atoms with Gasteiger partial charge in [-0.15, -0.1) is 0 Å². The number of rotatable bonds is 5. The topological polar surface area (TPSA) is 15.3 Å². The molecule has 1 aromatic carbocycles. The summed E-state index contributed by atoms with van der Waals surface area (Å²) in [4.78, 5) is 2.63. The van der Waals surface area contributed by atoms with Gasteiger partial charge < -0.3 is 5.32 Å². The van der Waals surface area contributed by atoms with Crippen LogP contribution in [-0.4, -0.2) is 30.1 Å². The number of hydrogen-bond acceptors (Lipinski definition) is 2. The predicted molar refractivity (Wildman–Crippen MR) is 87.2 cm³/mol. The zero-order valence-corrected chi connectivity index (χ0v) is 13.7. The Hall–Kier alpha value is -0.860. The molecule has 20 heavy (non-hydrogen) atoms. The molecule has 112 valence electrons. The van der Waals surface area contributed by atoms with Crippen LogP contribution < -0.4 is 5.32 Å². The fourth-order valence-corrected chi connectivity index (χ4v) is 3.20. The van der Waals surface area contributed by atoms with Crippen LogP contribution in [0.2, 0.25) is 0 Å². The summed E-state index contributed by atoms with van der Waals surface area (Å²) in [5, 5.41) is 3.63. The Morgan fingerprint density at radius 1 is 1.20 bits per heavy atom. The molecule has 2 unspecified atom stereocenters. The summed E-state index contributed by atoms with van der Waals surface area (Å²) in [7, 11) is 0. The Kier molecular flexibility index (Phi) is 5.22. The Balaban J connectivity index is 2.12. The molecule has 2 heteroatoms. The van der Waals surface area contributed by atoms with Crippen molar-refractivity contribution in [2.75, 3.05) is 13.1 Å². The first kappa shape index (κ1) is 15.5. The number of nitrogens with one attached hydrogen (secondary N) is 1. The quantitative estimate of drug-likeness (QED) is 0.878. The lowest BCUT2D eigenvalue weighted by Gasteiger charge is -2.35. The molecule has 0 aliphatic carbocycles. The number of hydrogen-bond donors (Lipinski definition) is 1. The summed E-state index contributed by atoms with van der Waals surface area (Å²) in [6.45, 7) is 13.7. The standard InChI is InChI=1S/C18H30N2/c1-13(2)20(12-18-7-6-10-19-18)16(5)17-9-8-14(3)15(4)11-17/h8-9,11,13,16,18-19H,6-7,10,12H2,1-5H3. The summed E-state index contributed by atoms with van der Waals surface area (Å²) in [5.74, 6) is 0. The minimum absolute atomic E-state index is 0.483. The van der Waals surface area contributed by atoms with Crippen LogP contribution >= 0.6 is 0 Å². The lowest BCUT2D eigenvalue weighted by molar-refractivity contribution is 0.149. The van der Waals surface area contributed by atoms with Crippen LogP contribution in [0.5, 0.6) is 0 Å².